The first-order chi connectivity index (χ1) is 13.6. The molecule has 0 spiro atoms. The lowest BCUT2D eigenvalue weighted by Crippen LogP contribution is -2.29. The van der Waals surface area contributed by atoms with E-state index in [0.29, 0.717) is 31.0 Å². The van der Waals surface area contributed by atoms with E-state index in [2.05, 4.69) is 19.7 Å². The SMILES string of the molecule is Cc1nc2ccccc2n1Cc1cc(C(=O)N(C)CCc2ccccn2)no1. The number of hydrogen-bond donors (Lipinski definition) is 0. The number of nitrogens with zero attached hydrogens (tertiary/aromatic N) is 5. The second kappa shape index (κ2) is 7.64. The second-order valence-electron chi connectivity index (χ2n) is 6.71. The number of para-hydroxylation sites is 2. The van der Waals surface area contributed by atoms with Gasteiger partial charge >= 0.3 is 0 Å². The van der Waals surface area contributed by atoms with Gasteiger partial charge in [0.25, 0.3) is 5.91 Å². The molecule has 3 heterocycles. The average Bonchev–Trinajstić information content (AvgIpc) is 3.31. The van der Waals surface area contributed by atoms with Gasteiger partial charge in [0, 0.05) is 38.0 Å². The molecule has 7 heteroatoms. The fourth-order valence-corrected chi connectivity index (χ4v) is 3.17. The third-order valence-corrected chi connectivity index (χ3v) is 4.71. The van der Waals surface area contributed by atoms with Crippen molar-refractivity contribution >= 4 is 16.9 Å². The van der Waals surface area contributed by atoms with Crippen LogP contribution in [0, 0.1) is 6.92 Å². The minimum absolute atomic E-state index is 0.168. The Kier molecular flexibility index (Phi) is 4.89. The molecule has 0 bridgehead atoms. The molecule has 0 N–H and O–H groups in total. The monoisotopic (exact) mass is 375 g/mol. The zero-order chi connectivity index (χ0) is 19.5. The van der Waals surface area contributed by atoms with Crippen LogP contribution in [-0.4, -0.2) is 44.1 Å². The molecule has 0 aliphatic heterocycles. The smallest absolute Gasteiger partial charge is 0.275 e. The van der Waals surface area contributed by atoms with Crippen LogP contribution in [0.4, 0.5) is 0 Å². The molecule has 4 rings (SSSR count). The van der Waals surface area contributed by atoms with E-state index in [1.807, 2.05) is 49.4 Å². The quantitative estimate of drug-likeness (QED) is 0.518. The molecule has 0 fully saturated rings. The second-order valence-corrected chi connectivity index (χ2v) is 6.71. The number of aromatic nitrogens is 4. The molecule has 0 radical (unpaired) electrons. The summed E-state index contributed by atoms with van der Waals surface area (Å²) in [5, 5.41) is 3.97. The molecular weight excluding hydrogens is 354 g/mol. The Balaban J connectivity index is 1.44. The van der Waals surface area contributed by atoms with E-state index in [1.165, 1.54) is 0 Å². The van der Waals surface area contributed by atoms with Gasteiger partial charge in [0.15, 0.2) is 11.5 Å². The summed E-state index contributed by atoms with van der Waals surface area (Å²) in [6.45, 7) is 2.99. The average molecular weight is 375 g/mol. The Morgan fingerprint density at radius 3 is 2.82 bits per heavy atom. The van der Waals surface area contributed by atoms with E-state index in [0.717, 1.165) is 22.6 Å². The molecule has 1 amide bonds. The zero-order valence-electron chi connectivity index (χ0n) is 15.9. The first kappa shape index (κ1) is 17.9. The van der Waals surface area contributed by atoms with Gasteiger partial charge in [-0.25, -0.2) is 4.98 Å². The molecular formula is C21H21N5O2. The fourth-order valence-electron chi connectivity index (χ4n) is 3.17. The van der Waals surface area contributed by atoms with Crippen LogP contribution in [0.2, 0.25) is 0 Å². The molecule has 0 saturated carbocycles. The van der Waals surface area contributed by atoms with Crippen molar-refractivity contribution < 1.29 is 9.32 Å². The summed E-state index contributed by atoms with van der Waals surface area (Å²) in [5.74, 6) is 1.34. The zero-order valence-corrected chi connectivity index (χ0v) is 15.9. The van der Waals surface area contributed by atoms with Crippen molar-refractivity contribution in [2.24, 2.45) is 0 Å². The van der Waals surface area contributed by atoms with Crippen LogP contribution in [0.15, 0.2) is 59.3 Å². The summed E-state index contributed by atoms with van der Waals surface area (Å²) >= 11 is 0. The van der Waals surface area contributed by atoms with Crippen LogP contribution in [-0.2, 0) is 13.0 Å². The van der Waals surface area contributed by atoms with Gasteiger partial charge in [-0.3, -0.25) is 9.78 Å². The van der Waals surface area contributed by atoms with Crippen molar-refractivity contribution in [3.05, 3.63) is 77.7 Å². The van der Waals surface area contributed by atoms with Crippen LogP contribution in [0.25, 0.3) is 11.0 Å². The van der Waals surface area contributed by atoms with Gasteiger partial charge in [-0.05, 0) is 31.2 Å². The van der Waals surface area contributed by atoms with E-state index in [1.54, 1.807) is 24.2 Å². The fraction of sp³-hybridized carbons (Fsp3) is 0.238. The number of fused-ring (bicyclic) bond motifs is 1. The minimum Gasteiger partial charge on any atom is -0.359 e. The standard InChI is InChI=1S/C21H21N5O2/c1-15-23-18-8-3-4-9-20(18)26(15)14-17-13-19(24-28-17)21(27)25(2)12-10-16-7-5-6-11-22-16/h3-9,11,13H,10,12,14H2,1-2H3. The lowest BCUT2D eigenvalue weighted by molar-refractivity contribution is 0.0786. The highest BCUT2D eigenvalue weighted by molar-refractivity contribution is 5.92. The van der Waals surface area contributed by atoms with Crippen molar-refractivity contribution in [3.63, 3.8) is 0 Å². The van der Waals surface area contributed by atoms with Crippen molar-refractivity contribution in [2.45, 2.75) is 19.9 Å². The summed E-state index contributed by atoms with van der Waals surface area (Å²) in [6, 6.07) is 15.4. The normalized spacial score (nSPS) is 11.1. The maximum Gasteiger partial charge on any atom is 0.275 e. The lowest BCUT2D eigenvalue weighted by Gasteiger charge is -2.14. The summed E-state index contributed by atoms with van der Waals surface area (Å²) < 4.78 is 7.47. The van der Waals surface area contributed by atoms with Crippen LogP contribution in [0.5, 0.6) is 0 Å². The Hall–Kier alpha value is -3.48. The Bertz CT molecular complexity index is 1100. The highest BCUT2D eigenvalue weighted by Crippen LogP contribution is 2.18. The highest BCUT2D eigenvalue weighted by Gasteiger charge is 2.18. The molecule has 0 unspecified atom stereocenters. The molecule has 0 atom stereocenters. The Labute approximate surface area is 162 Å². The summed E-state index contributed by atoms with van der Waals surface area (Å²) in [4.78, 5) is 23.1. The molecule has 7 nitrogen and oxygen atoms in total. The molecule has 3 aromatic heterocycles. The van der Waals surface area contributed by atoms with Gasteiger partial charge in [-0.15, -0.1) is 0 Å². The maximum absolute atomic E-state index is 12.6. The molecule has 28 heavy (non-hydrogen) atoms. The van der Waals surface area contributed by atoms with Crippen molar-refractivity contribution in [1.29, 1.82) is 0 Å². The van der Waals surface area contributed by atoms with Crippen LogP contribution in [0.3, 0.4) is 0 Å². The number of carbonyl (C=O) groups is 1. The first-order valence-corrected chi connectivity index (χ1v) is 9.14. The number of benzene rings is 1. The van der Waals surface area contributed by atoms with E-state index >= 15 is 0 Å². The number of amides is 1. The Morgan fingerprint density at radius 1 is 1.18 bits per heavy atom. The van der Waals surface area contributed by atoms with Gasteiger partial charge in [0.2, 0.25) is 0 Å². The van der Waals surface area contributed by atoms with E-state index in [9.17, 15) is 4.79 Å². The number of carbonyl (C=O) groups excluding carboxylic acids is 1. The van der Waals surface area contributed by atoms with Gasteiger partial charge in [-0.1, -0.05) is 23.4 Å². The summed E-state index contributed by atoms with van der Waals surface area (Å²) in [6.07, 6.45) is 2.44. The van der Waals surface area contributed by atoms with E-state index in [-0.39, 0.29) is 5.91 Å². The summed E-state index contributed by atoms with van der Waals surface area (Å²) in [7, 11) is 1.76. The summed E-state index contributed by atoms with van der Waals surface area (Å²) in [5.41, 5.74) is 3.22. The largest absolute Gasteiger partial charge is 0.359 e. The number of likely N-dealkylation sites (N-methyl/N-ethyl adjacent to an activating group) is 1. The number of rotatable bonds is 6. The first-order valence-electron chi connectivity index (χ1n) is 9.14. The number of imidazole rings is 1. The highest BCUT2D eigenvalue weighted by atomic mass is 16.5. The molecule has 1 aromatic carbocycles. The Morgan fingerprint density at radius 2 is 2.00 bits per heavy atom. The minimum atomic E-state index is -0.168. The molecule has 142 valence electrons. The van der Waals surface area contributed by atoms with E-state index in [4.69, 9.17) is 4.52 Å². The number of pyridine rings is 1. The topological polar surface area (TPSA) is 77.1 Å². The van der Waals surface area contributed by atoms with Crippen molar-refractivity contribution in [2.75, 3.05) is 13.6 Å². The number of hydrogen-bond acceptors (Lipinski definition) is 5. The molecule has 4 aromatic rings. The third-order valence-electron chi connectivity index (χ3n) is 4.71. The van der Waals surface area contributed by atoms with Crippen LogP contribution >= 0.6 is 0 Å². The van der Waals surface area contributed by atoms with E-state index < -0.39 is 0 Å². The molecule has 0 saturated heterocycles. The van der Waals surface area contributed by atoms with Crippen LogP contribution < -0.4 is 0 Å². The van der Waals surface area contributed by atoms with Gasteiger partial charge in [0.1, 0.15) is 5.82 Å². The van der Waals surface area contributed by atoms with Crippen molar-refractivity contribution in [1.82, 2.24) is 24.6 Å². The van der Waals surface area contributed by atoms with Crippen molar-refractivity contribution in [3.8, 4) is 0 Å². The predicted octanol–water partition coefficient (Wildman–Crippen LogP) is 3.09. The lowest BCUT2D eigenvalue weighted by atomic mass is 10.2. The molecule has 0 aliphatic carbocycles. The van der Waals surface area contributed by atoms with Crippen LogP contribution in [0.1, 0.15) is 27.8 Å². The molecule has 0 aliphatic rings. The number of aryl methyl sites for hydroxylation is 1. The van der Waals surface area contributed by atoms with Gasteiger partial charge < -0.3 is 14.0 Å². The van der Waals surface area contributed by atoms with Gasteiger partial charge in [-0.2, -0.15) is 0 Å². The maximum atomic E-state index is 12.6. The predicted molar refractivity (Wildman–Crippen MR) is 105 cm³/mol. The van der Waals surface area contributed by atoms with Gasteiger partial charge in [0.05, 0.1) is 17.6 Å². The third kappa shape index (κ3) is 3.64.